The molecule has 0 aromatic heterocycles. The first-order chi connectivity index (χ1) is 8.90. The van der Waals surface area contributed by atoms with Gasteiger partial charge in [0.15, 0.2) is 0 Å². The highest BCUT2D eigenvalue weighted by molar-refractivity contribution is 5.35. The van der Waals surface area contributed by atoms with Crippen LogP contribution in [0.25, 0.3) is 0 Å². The van der Waals surface area contributed by atoms with Gasteiger partial charge in [0.25, 0.3) is 0 Å². The molecule has 0 amide bonds. The van der Waals surface area contributed by atoms with Crippen LogP contribution in [0.15, 0.2) is 18.2 Å². The molecule has 0 aliphatic heterocycles. The minimum Gasteiger partial charge on any atom is -0.315 e. The van der Waals surface area contributed by atoms with Crippen molar-refractivity contribution < 1.29 is 0 Å². The summed E-state index contributed by atoms with van der Waals surface area (Å²) in [6, 6.07) is 8.98. The molecule has 0 spiro atoms. The van der Waals surface area contributed by atoms with Crippen molar-refractivity contribution in [2.45, 2.75) is 46.5 Å². The van der Waals surface area contributed by atoms with Crippen LogP contribution in [0.3, 0.4) is 0 Å². The van der Waals surface area contributed by atoms with Gasteiger partial charge in [0, 0.05) is 18.5 Å². The summed E-state index contributed by atoms with van der Waals surface area (Å²) < 4.78 is 0. The van der Waals surface area contributed by atoms with Gasteiger partial charge in [-0.15, -0.1) is 0 Å². The number of nitriles is 1. The maximum atomic E-state index is 8.96. The van der Waals surface area contributed by atoms with Crippen molar-refractivity contribution in [1.82, 2.24) is 5.32 Å². The van der Waals surface area contributed by atoms with E-state index in [4.69, 9.17) is 5.26 Å². The first kappa shape index (κ1) is 15.7. The molecule has 1 unspecified atom stereocenters. The predicted octanol–water partition coefficient (Wildman–Crippen LogP) is 3.72. The summed E-state index contributed by atoms with van der Waals surface area (Å²) in [5.74, 6) is 0.120. The Kier molecular flexibility index (Phi) is 5.57. The van der Waals surface area contributed by atoms with E-state index in [9.17, 15) is 0 Å². The molecule has 1 aromatic carbocycles. The van der Waals surface area contributed by atoms with Crippen LogP contribution in [0.2, 0.25) is 0 Å². The van der Waals surface area contributed by atoms with E-state index >= 15 is 0 Å². The van der Waals surface area contributed by atoms with Crippen LogP contribution in [0.5, 0.6) is 0 Å². The fraction of sp³-hybridized carbons (Fsp3) is 0.588. The summed E-state index contributed by atoms with van der Waals surface area (Å²) in [6.45, 7) is 12.5. The van der Waals surface area contributed by atoms with Crippen LogP contribution < -0.4 is 5.32 Å². The van der Waals surface area contributed by atoms with E-state index in [0.717, 1.165) is 19.5 Å². The second-order valence-corrected chi connectivity index (χ2v) is 6.07. The Labute approximate surface area is 117 Å². The molecule has 1 N–H and O–H groups in total. The first-order valence-corrected chi connectivity index (χ1v) is 7.08. The third-order valence-corrected chi connectivity index (χ3v) is 3.74. The quantitative estimate of drug-likeness (QED) is 0.844. The van der Waals surface area contributed by atoms with Gasteiger partial charge in [0.1, 0.15) is 0 Å². The Bertz CT molecular complexity index is 455. The molecule has 0 radical (unpaired) electrons. The van der Waals surface area contributed by atoms with Crippen LogP contribution in [0, 0.1) is 31.1 Å². The van der Waals surface area contributed by atoms with E-state index in [-0.39, 0.29) is 11.3 Å². The largest absolute Gasteiger partial charge is 0.315 e. The third-order valence-electron chi connectivity index (χ3n) is 3.74. The second-order valence-electron chi connectivity index (χ2n) is 6.07. The number of aryl methyl sites for hydroxylation is 2. The average molecular weight is 258 g/mol. The highest BCUT2D eigenvalue weighted by atomic mass is 14.9. The van der Waals surface area contributed by atoms with Crippen LogP contribution in [0.4, 0.5) is 0 Å². The predicted molar refractivity (Wildman–Crippen MR) is 81.2 cm³/mol. The molecule has 0 aliphatic carbocycles. The number of nitrogens with zero attached hydrogens (tertiary/aromatic N) is 1. The van der Waals surface area contributed by atoms with E-state index in [1.165, 1.54) is 16.7 Å². The van der Waals surface area contributed by atoms with E-state index in [0.29, 0.717) is 0 Å². The number of hydrogen-bond donors (Lipinski definition) is 1. The van der Waals surface area contributed by atoms with E-state index in [1.54, 1.807) is 0 Å². The third kappa shape index (κ3) is 4.36. The molecule has 1 atom stereocenters. The van der Waals surface area contributed by atoms with Crippen LogP contribution in [-0.4, -0.2) is 13.1 Å². The zero-order valence-electron chi connectivity index (χ0n) is 12.9. The monoisotopic (exact) mass is 258 g/mol. The lowest BCUT2D eigenvalue weighted by Gasteiger charge is -2.28. The van der Waals surface area contributed by atoms with Crippen molar-refractivity contribution in [2.75, 3.05) is 13.1 Å². The van der Waals surface area contributed by atoms with Crippen molar-refractivity contribution >= 4 is 0 Å². The van der Waals surface area contributed by atoms with Gasteiger partial charge in [-0.3, -0.25) is 0 Å². The molecule has 0 heterocycles. The average Bonchev–Trinajstić information content (AvgIpc) is 2.34. The summed E-state index contributed by atoms with van der Waals surface area (Å²) in [6.07, 6.45) is 0.910. The molecule has 19 heavy (non-hydrogen) atoms. The van der Waals surface area contributed by atoms with Crippen molar-refractivity contribution in [1.29, 1.82) is 5.26 Å². The molecule has 1 aromatic rings. The topological polar surface area (TPSA) is 35.8 Å². The Balaban J connectivity index is 2.68. The van der Waals surface area contributed by atoms with Crippen molar-refractivity contribution in [3.63, 3.8) is 0 Å². The van der Waals surface area contributed by atoms with Gasteiger partial charge in [-0.25, -0.2) is 0 Å². The lowest BCUT2D eigenvalue weighted by Crippen LogP contribution is -2.35. The van der Waals surface area contributed by atoms with Gasteiger partial charge in [-0.1, -0.05) is 44.5 Å². The smallest absolute Gasteiger partial charge is 0.0669 e. The lowest BCUT2D eigenvalue weighted by atomic mass is 9.81. The van der Waals surface area contributed by atoms with E-state index < -0.39 is 0 Å². The molecule has 0 aliphatic rings. The molecule has 1 rings (SSSR count). The maximum absolute atomic E-state index is 8.96. The van der Waals surface area contributed by atoms with Gasteiger partial charge in [-0.05, 0) is 31.4 Å². The Morgan fingerprint density at radius 1 is 1.32 bits per heavy atom. The SMILES string of the molecule is CCC(C#N)CNCC(C)(C)c1ccc(C)cc1C. The Morgan fingerprint density at radius 3 is 2.53 bits per heavy atom. The zero-order valence-corrected chi connectivity index (χ0v) is 12.9. The molecule has 0 saturated carbocycles. The summed E-state index contributed by atoms with van der Waals surface area (Å²) >= 11 is 0. The van der Waals surface area contributed by atoms with Crippen molar-refractivity contribution in [3.05, 3.63) is 34.9 Å². The molecular weight excluding hydrogens is 232 g/mol. The van der Waals surface area contributed by atoms with Gasteiger partial charge in [0.05, 0.1) is 12.0 Å². The molecule has 0 saturated heterocycles. The van der Waals surface area contributed by atoms with Crippen LogP contribution in [0.1, 0.15) is 43.9 Å². The van der Waals surface area contributed by atoms with E-state index in [2.05, 4.69) is 64.2 Å². The van der Waals surface area contributed by atoms with Crippen LogP contribution >= 0.6 is 0 Å². The van der Waals surface area contributed by atoms with Crippen molar-refractivity contribution in [3.8, 4) is 6.07 Å². The fourth-order valence-electron chi connectivity index (χ4n) is 2.51. The van der Waals surface area contributed by atoms with Crippen molar-refractivity contribution in [2.24, 2.45) is 5.92 Å². The molecule has 2 heteroatoms. The number of hydrogen-bond acceptors (Lipinski definition) is 2. The van der Waals surface area contributed by atoms with Gasteiger partial charge in [-0.2, -0.15) is 5.26 Å². The van der Waals surface area contributed by atoms with E-state index in [1.807, 2.05) is 0 Å². The highest BCUT2D eigenvalue weighted by Crippen LogP contribution is 2.26. The Hall–Kier alpha value is -1.33. The lowest BCUT2D eigenvalue weighted by molar-refractivity contribution is 0.443. The van der Waals surface area contributed by atoms with Gasteiger partial charge in [0.2, 0.25) is 0 Å². The fourth-order valence-corrected chi connectivity index (χ4v) is 2.51. The molecule has 0 bridgehead atoms. The summed E-state index contributed by atoms with van der Waals surface area (Å²) in [7, 11) is 0. The van der Waals surface area contributed by atoms with Gasteiger partial charge >= 0.3 is 0 Å². The number of nitrogens with one attached hydrogen (secondary N) is 1. The first-order valence-electron chi connectivity index (χ1n) is 7.08. The normalized spacial score (nSPS) is 13.1. The second kappa shape index (κ2) is 6.73. The minimum atomic E-state index is 0.0888. The Morgan fingerprint density at radius 2 is 2.00 bits per heavy atom. The maximum Gasteiger partial charge on any atom is 0.0669 e. The summed E-state index contributed by atoms with van der Waals surface area (Å²) in [5, 5.41) is 12.4. The highest BCUT2D eigenvalue weighted by Gasteiger charge is 2.22. The summed E-state index contributed by atoms with van der Waals surface area (Å²) in [5.41, 5.74) is 4.13. The number of rotatable bonds is 6. The summed E-state index contributed by atoms with van der Waals surface area (Å²) in [4.78, 5) is 0. The minimum absolute atomic E-state index is 0.0888. The molecule has 104 valence electrons. The molecule has 2 nitrogen and oxygen atoms in total. The number of benzene rings is 1. The standard InChI is InChI=1S/C17H26N2/c1-6-15(10-18)11-19-12-17(4,5)16-8-7-13(2)9-14(16)3/h7-9,15,19H,6,11-12H2,1-5H3. The molecule has 0 fully saturated rings. The molecular formula is C17H26N2. The zero-order chi connectivity index (χ0) is 14.5. The van der Waals surface area contributed by atoms with Crippen LogP contribution in [-0.2, 0) is 5.41 Å². The van der Waals surface area contributed by atoms with Gasteiger partial charge < -0.3 is 5.32 Å².